The van der Waals surface area contributed by atoms with Crippen LogP contribution in [0.15, 0.2) is 30.3 Å². The molecule has 0 aliphatic rings. The Balaban J connectivity index is 2.06. The number of non-ortho nitro benzene ring substituents is 1. The van der Waals surface area contributed by atoms with Gasteiger partial charge >= 0.3 is 5.00 Å². The lowest BCUT2D eigenvalue weighted by atomic mass is 10.2. The highest BCUT2D eigenvalue weighted by Gasteiger charge is 2.11. The van der Waals surface area contributed by atoms with Gasteiger partial charge < -0.3 is 5.32 Å². The number of anilines is 1. The topological polar surface area (TPSA) is 98.3 Å². The van der Waals surface area contributed by atoms with Crippen molar-refractivity contribution in [3.05, 3.63) is 61.0 Å². The molecule has 1 aromatic carbocycles. The van der Waals surface area contributed by atoms with Gasteiger partial charge in [-0.15, -0.1) is 0 Å². The van der Waals surface area contributed by atoms with Gasteiger partial charge in [0.15, 0.2) is 0 Å². The number of benzene rings is 1. The molecule has 1 N–H and O–H groups in total. The van der Waals surface area contributed by atoms with E-state index >= 15 is 0 Å². The van der Waals surface area contributed by atoms with E-state index in [1.54, 1.807) is 19.1 Å². The van der Waals surface area contributed by atoms with Crippen molar-refractivity contribution in [1.82, 2.24) is 0 Å². The number of thiophene rings is 1. The fourth-order valence-corrected chi connectivity index (χ4v) is 2.46. The molecule has 0 atom stereocenters. The molecule has 0 fully saturated rings. The largest absolute Gasteiger partial charge is 0.380 e. The molecule has 0 radical (unpaired) electrons. The van der Waals surface area contributed by atoms with Gasteiger partial charge in [-0.3, -0.25) is 20.2 Å². The van der Waals surface area contributed by atoms with Gasteiger partial charge in [-0.2, -0.15) is 0 Å². The second kappa shape index (κ2) is 5.66. The molecule has 0 amide bonds. The zero-order valence-electron chi connectivity index (χ0n) is 10.5. The third kappa shape index (κ3) is 3.09. The number of hydrogen-bond acceptors (Lipinski definition) is 6. The van der Waals surface area contributed by atoms with Crippen LogP contribution < -0.4 is 5.32 Å². The monoisotopic (exact) mass is 293 g/mol. The van der Waals surface area contributed by atoms with Gasteiger partial charge in [-0.1, -0.05) is 11.3 Å². The Hall–Kier alpha value is -2.48. The number of aryl methyl sites for hydroxylation is 1. The minimum absolute atomic E-state index is 0.0415. The van der Waals surface area contributed by atoms with E-state index in [4.69, 9.17) is 0 Å². The molecule has 0 aliphatic carbocycles. The normalized spacial score (nSPS) is 10.2. The smallest absolute Gasteiger partial charge is 0.324 e. The highest BCUT2D eigenvalue weighted by Crippen LogP contribution is 2.26. The summed E-state index contributed by atoms with van der Waals surface area (Å²) in [5.74, 6) is 0. The zero-order valence-corrected chi connectivity index (χ0v) is 11.3. The molecule has 104 valence electrons. The molecule has 1 aromatic heterocycles. The predicted octanol–water partition coefficient (Wildman–Crippen LogP) is 3.49. The first-order chi connectivity index (χ1) is 9.47. The number of nitrogens with one attached hydrogen (secondary N) is 1. The van der Waals surface area contributed by atoms with Gasteiger partial charge in [0.05, 0.1) is 9.85 Å². The van der Waals surface area contributed by atoms with Crippen molar-refractivity contribution in [3.63, 3.8) is 0 Å². The molecule has 0 unspecified atom stereocenters. The summed E-state index contributed by atoms with van der Waals surface area (Å²) >= 11 is 1.10. The SMILES string of the molecule is Cc1cc([N+](=O)[O-])ccc1NCc1ccc([N+](=O)[O-])s1. The number of hydrogen-bond donors (Lipinski definition) is 1. The first kappa shape index (κ1) is 13.9. The van der Waals surface area contributed by atoms with Crippen LogP contribution in [0.1, 0.15) is 10.4 Å². The number of rotatable bonds is 5. The van der Waals surface area contributed by atoms with E-state index in [0.717, 1.165) is 27.5 Å². The van der Waals surface area contributed by atoms with Crippen LogP contribution in [-0.2, 0) is 6.54 Å². The maximum Gasteiger partial charge on any atom is 0.324 e. The zero-order chi connectivity index (χ0) is 14.7. The van der Waals surface area contributed by atoms with Crippen molar-refractivity contribution in [2.45, 2.75) is 13.5 Å². The molecule has 2 aromatic rings. The third-order valence-corrected chi connectivity index (χ3v) is 3.74. The van der Waals surface area contributed by atoms with Crippen LogP contribution >= 0.6 is 11.3 Å². The predicted molar refractivity (Wildman–Crippen MR) is 76.1 cm³/mol. The summed E-state index contributed by atoms with van der Waals surface area (Å²) in [4.78, 5) is 21.2. The van der Waals surface area contributed by atoms with Crippen molar-refractivity contribution in [3.8, 4) is 0 Å². The van der Waals surface area contributed by atoms with E-state index in [1.165, 1.54) is 18.2 Å². The summed E-state index contributed by atoms with van der Waals surface area (Å²) in [5, 5.41) is 24.4. The van der Waals surface area contributed by atoms with Crippen molar-refractivity contribution >= 4 is 27.7 Å². The minimum atomic E-state index is -0.445. The Morgan fingerprint density at radius 3 is 2.45 bits per heavy atom. The maximum atomic E-state index is 10.6. The van der Waals surface area contributed by atoms with Crippen LogP contribution in [0.5, 0.6) is 0 Å². The molecular weight excluding hydrogens is 282 g/mol. The van der Waals surface area contributed by atoms with Gasteiger partial charge in [0.1, 0.15) is 0 Å². The standard InChI is InChI=1S/C12H11N3O4S/c1-8-6-9(14(16)17)2-4-11(8)13-7-10-3-5-12(20-10)15(18)19/h2-6,13H,7H2,1H3. The summed E-state index contributed by atoms with van der Waals surface area (Å²) in [5.41, 5.74) is 1.57. The molecule has 20 heavy (non-hydrogen) atoms. The highest BCUT2D eigenvalue weighted by atomic mass is 32.1. The lowest BCUT2D eigenvalue weighted by molar-refractivity contribution is -0.384. The maximum absolute atomic E-state index is 10.6. The Bertz CT molecular complexity index is 668. The van der Waals surface area contributed by atoms with Gasteiger partial charge in [0.25, 0.3) is 5.69 Å². The molecule has 0 bridgehead atoms. The van der Waals surface area contributed by atoms with Crippen LogP contribution in [0.2, 0.25) is 0 Å². The van der Waals surface area contributed by atoms with Gasteiger partial charge in [-0.25, -0.2) is 0 Å². The second-order valence-electron chi connectivity index (χ2n) is 4.11. The van der Waals surface area contributed by atoms with E-state index in [1.807, 2.05) is 0 Å². The summed E-state index contributed by atoms with van der Waals surface area (Å²) in [6, 6.07) is 7.70. The first-order valence-electron chi connectivity index (χ1n) is 5.69. The highest BCUT2D eigenvalue weighted by molar-refractivity contribution is 7.15. The molecule has 0 aliphatic heterocycles. The van der Waals surface area contributed by atoms with Gasteiger partial charge in [0, 0.05) is 35.3 Å². The van der Waals surface area contributed by atoms with Crippen LogP contribution in [0.25, 0.3) is 0 Å². The van der Waals surface area contributed by atoms with Crippen molar-refractivity contribution in [2.24, 2.45) is 0 Å². The van der Waals surface area contributed by atoms with Gasteiger partial charge in [0.2, 0.25) is 0 Å². The average molecular weight is 293 g/mol. The Labute approximate surface area is 118 Å². The molecule has 1 heterocycles. The molecule has 0 saturated heterocycles. The van der Waals surface area contributed by atoms with Crippen molar-refractivity contribution in [1.29, 1.82) is 0 Å². The summed E-state index contributed by atoms with van der Waals surface area (Å²) < 4.78 is 0. The molecule has 2 rings (SSSR count). The van der Waals surface area contributed by atoms with E-state index in [0.29, 0.717) is 6.54 Å². The summed E-state index contributed by atoms with van der Waals surface area (Å²) in [6.07, 6.45) is 0. The first-order valence-corrected chi connectivity index (χ1v) is 6.51. The lowest BCUT2D eigenvalue weighted by Gasteiger charge is -2.07. The number of nitro benzene ring substituents is 1. The average Bonchev–Trinajstić information content (AvgIpc) is 2.86. The summed E-state index contributed by atoms with van der Waals surface area (Å²) in [7, 11) is 0. The molecular formula is C12H11N3O4S. The molecule has 0 spiro atoms. The van der Waals surface area contributed by atoms with Gasteiger partial charge in [-0.05, 0) is 24.6 Å². The van der Waals surface area contributed by atoms with E-state index in [2.05, 4.69) is 5.32 Å². The quantitative estimate of drug-likeness (QED) is 0.672. The Morgan fingerprint density at radius 2 is 1.90 bits per heavy atom. The Morgan fingerprint density at radius 1 is 1.15 bits per heavy atom. The fourth-order valence-electron chi connectivity index (χ4n) is 1.70. The fraction of sp³-hybridized carbons (Fsp3) is 0.167. The second-order valence-corrected chi connectivity index (χ2v) is 5.25. The van der Waals surface area contributed by atoms with E-state index in [-0.39, 0.29) is 10.7 Å². The number of nitrogens with zero attached hydrogens (tertiary/aromatic N) is 2. The summed E-state index contributed by atoms with van der Waals surface area (Å²) in [6.45, 7) is 2.21. The lowest BCUT2D eigenvalue weighted by Crippen LogP contribution is -2.00. The molecule has 7 nitrogen and oxygen atoms in total. The van der Waals surface area contributed by atoms with Crippen LogP contribution in [0, 0.1) is 27.2 Å². The van der Waals surface area contributed by atoms with Crippen molar-refractivity contribution in [2.75, 3.05) is 5.32 Å². The third-order valence-electron chi connectivity index (χ3n) is 2.70. The van der Waals surface area contributed by atoms with Crippen LogP contribution in [0.3, 0.4) is 0 Å². The molecule has 0 saturated carbocycles. The number of nitro groups is 2. The minimum Gasteiger partial charge on any atom is -0.380 e. The Kier molecular flexibility index (Phi) is 3.94. The van der Waals surface area contributed by atoms with E-state index in [9.17, 15) is 20.2 Å². The van der Waals surface area contributed by atoms with Crippen LogP contribution in [0.4, 0.5) is 16.4 Å². The van der Waals surface area contributed by atoms with Crippen LogP contribution in [-0.4, -0.2) is 9.85 Å². The van der Waals surface area contributed by atoms with E-state index < -0.39 is 9.85 Å². The van der Waals surface area contributed by atoms with Crippen molar-refractivity contribution < 1.29 is 9.85 Å². The molecule has 8 heteroatoms.